The molecule has 1 heterocycles. The number of rotatable bonds is 5. The van der Waals surface area contributed by atoms with E-state index in [4.69, 9.17) is 15.4 Å². The monoisotopic (exact) mass is 289 g/mol. The molecule has 1 rings (SSSR count). The van der Waals surface area contributed by atoms with Gasteiger partial charge in [-0.3, -0.25) is 0 Å². The Kier molecular flexibility index (Phi) is 5.32. The number of carboxylic acid groups (broad SMARTS) is 1. The van der Waals surface area contributed by atoms with E-state index >= 15 is 0 Å². The summed E-state index contributed by atoms with van der Waals surface area (Å²) in [6.45, 7) is 3.00. The SMILES string of the molecule is C[C@@H](C1OC(O)(C(=O)O)C[C@H](O)[C@H]1C)[C@H](O)CN=[N+]=[N-]. The highest BCUT2D eigenvalue weighted by molar-refractivity contribution is 5.75. The van der Waals surface area contributed by atoms with Gasteiger partial charge >= 0.3 is 5.97 Å². The smallest absolute Gasteiger partial charge is 0.364 e. The van der Waals surface area contributed by atoms with Crippen LogP contribution in [0.2, 0.25) is 0 Å². The number of aliphatic hydroxyl groups is 3. The molecule has 9 nitrogen and oxygen atoms in total. The van der Waals surface area contributed by atoms with Gasteiger partial charge in [-0.05, 0) is 5.53 Å². The maximum atomic E-state index is 11.0. The second-order valence-electron chi connectivity index (χ2n) is 5.14. The highest BCUT2D eigenvalue weighted by Crippen LogP contribution is 2.35. The summed E-state index contributed by atoms with van der Waals surface area (Å²) in [4.78, 5) is 13.5. The van der Waals surface area contributed by atoms with Gasteiger partial charge in [0.15, 0.2) is 0 Å². The molecule has 0 radical (unpaired) electrons. The zero-order valence-electron chi connectivity index (χ0n) is 11.2. The lowest BCUT2D eigenvalue weighted by Crippen LogP contribution is -2.58. The number of carbonyl (C=O) groups is 1. The standard InChI is InChI=1S/C11H19N3O6/c1-5-7(15)3-11(19,10(17)18)20-9(5)6(2)8(16)4-13-14-12/h5-9,15-16,19H,3-4H2,1-2H3,(H,17,18)/t5-,6-,7+,8-,9?,11?/m1/s1. The van der Waals surface area contributed by atoms with Crippen LogP contribution in [0.4, 0.5) is 0 Å². The molecule has 20 heavy (non-hydrogen) atoms. The Morgan fingerprint density at radius 1 is 1.65 bits per heavy atom. The van der Waals surface area contributed by atoms with Crippen molar-refractivity contribution in [3.63, 3.8) is 0 Å². The third-order valence-corrected chi connectivity index (χ3v) is 3.73. The van der Waals surface area contributed by atoms with Crippen LogP contribution in [0.1, 0.15) is 20.3 Å². The number of aliphatic carboxylic acids is 1. The molecule has 1 aliphatic rings. The first-order valence-electron chi connectivity index (χ1n) is 6.23. The van der Waals surface area contributed by atoms with E-state index in [0.717, 1.165) is 0 Å². The molecule has 2 unspecified atom stereocenters. The molecular formula is C11H19N3O6. The Labute approximate surface area is 115 Å². The summed E-state index contributed by atoms with van der Waals surface area (Å²) in [7, 11) is 0. The van der Waals surface area contributed by atoms with Crippen molar-refractivity contribution < 1.29 is 30.0 Å². The minimum atomic E-state index is -2.48. The van der Waals surface area contributed by atoms with Gasteiger partial charge in [-0.2, -0.15) is 0 Å². The lowest BCUT2D eigenvalue weighted by Gasteiger charge is -2.44. The second kappa shape index (κ2) is 6.38. The molecule has 114 valence electrons. The van der Waals surface area contributed by atoms with Crippen LogP contribution >= 0.6 is 0 Å². The van der Waals surface area contributed by atoms with Crippen molar-refractivity contribution in [2.75, 3.05) is 6.54 Å². The topological polar surface area (TPSA) is 156 Å². The molecule has 0 aromatic rings. The fraction of sp³-hybridized carbons (Fsp3) is 0.909. The number of hydrogen-bond acceptors (Lipinski definition) is 6. The predicted molar refractivity (Wildman–Crippen MR) is 66.4 cm³/mol. The molecule has 9 heteroatoms. The quantitative estimate of drug-likeness (QED) is 0.313. The summed E-state index contributed by atoms with van der Waals surface area (Å²) in [5, 5.41) is 41.8. The first-order chi connectivity index (χ1) is 9.23. The minimum Gasteiger partial charge on any atom is -0.477 e. The average molecular weight is 289 g/mol. The lowest BCUT2D eigenvalue weighted by molar-refractivity contribution is -0.294. The van der Waals surface area contributed by atoms with Gasteiger partial charge in [0.1, 0.15) is 0 Å². The Morgan fingerprint density at radius 3 is 2.75 bits per heavy atom. The highest BCUT2D eigenvalue weighted by Gasteiger charge is 2.51. The number of azide groups is 1. The zero-order valence-corrected chi connectivity index (χ0v) is 11.2. The number of hydrogen-bond donors (Lipinski definition) is 4. The molecule has 0 spiro atoms. The van der Waals surface area contributed by atoms with Crippen molar-refractivity contribution in [3.05, 3.63) is 10.4 Å². The summed E-state index contributed by atoms with van der Waals surface area (Å²) in [5.74, 6) is -5.19. The van der Waals surface area contributed by atoms with E-state index in [1.807, 2.05) is 0 Å². The van der Waals surface area contributed by atoms with E-state index in [1.54, 1.807) is 13.8 Å². The molecule has 1 saturated heterocycles. The molecule has 1 aliphatic heterocycles. The highest BCUT2D eigenvalue weighted by atomic mass is 16.7. The van der Waals surface area contributed by atoms with Crippen LogP contribution in [0.15, 0.2) is 5.11 Å². The van der Waals surface area contributed by atoms with Crippen molar-refractivity contribution >= 4 is 5.97 Å². The predicted octanol–water partition coefficient (Wildman–Crippen LogP) is -0.147. The van der Waals surface area contributed by atoms with Crippen LogP contribution in [-0.4, -0.2) is 57.0 Å². The summed E-state index contributed by atoms with van der Waals surface area (Å²) in [6, 6.07) is 0. The Hall–Kier alpha value is -1.38. The molecule has 0 aromatic heterocycles. The first-order valence-corrected chi connectivity index (χ1v) is 6.23. The van der Waals surface area contributed by atoms with Crippen LogP contribution < -0.4 is 0 Å². The van der Waals surface area contributed by atoms with Crippen LogP contribution in [0, 0.1) is 11.8 Å². The summed E-state index contributed by atoms with van der Waals surface area (Å²) < 4.78 is 5.18. The van der Waals surface area contributed by atoms with Gasteiger partial charge in [-0.15, -0.1) is 0 Å². The largest absolute Gasteiger partial charge is 0.477 e. The lowest BCUT2D eigenvalue weighted by atomic mass is 9.81. The average Bonchev–Trinajstić information content (AvgIpc) is 2.39. The molecule has 0 amide bonds. The Balaban J connectivity index is 2.90. The van der Waals surface area contributed by atoms with Gasteiger partial charge in [-0.25, -0.2) is 4.79 Å². The molecule has 1 fully saturated rings. The van der Waals surface area contributed by atoms with Gasteiger partial charge in [0.05, 0.1) is 24.9 Å². The van der Waals surface area contributed by atoms with Crippen LogP contribution in [-0.2, 0) is 9.53 Å². The van der Waals surface area contributed by atoms with E-state index < -0.39 is 48.3 Å². The zero-order chi connectivity index (χ0) is 15.5. The van der Waals surface area contributed by atoms with Gasteiger partial charge in [0.25, 0.3) is 5.79 Å². The van der Waals surface area contributed by atoms with Crippen molar-refractivity contribution in [1.29, 1.82) is 0 Å². The van der Waals surface area contributed by atoms with Crippen molar-refractivity contribution in [1.82, 2.24) is 0 Å². The molecule has 6 atom stereocenters. The molecule has 0 aromatic carbocycles. The fourth-order valence-electron chi connectivity index (χ4n) is 2.30. The molecule has 0 aliphatic carbocycles. The Morgan fingerprint density at radius 2 is 2.25 bits per heavy atom. The Bertz CT molecular complexity index is 413. The number of nitrogens with zero attached hydrogens (tertiary/aromatic N) is 3. The van der Waals surface area contributed by atoms with E-state index in [9.17, 15) is 20.1 Å². The second-order valence-corrected chi connectivity index (χ2v) is 5.14. The van der Waals surface area contributed by atoms with Crippen molar-refractivity contribution in [2.45, 2.75) is 44.4 Å². The summed E-state index contributed by atoms with van der Waals surface area (Å²) >= 11 is 0. The fourth-order valence-corrected chi connectivity index (χ4v) is 2.30. The van der Waals surface area contributed by atoms with Crippen LogP contribution in [0.25, 0.3) is 10.4 Å². The van der Waals surface area contributed by atoms with E-state index in [0.29, 0.717) is 0 Å². The van der Waals surface area contributed by atoms with E-state index in [1.165, 1.54) is 0 Å². The van der Waals surface area contributed by atoms with Gasteiger partial charge < -0.3 is 25.2 Å². The van der Waals surface area contributed by atoms with E-state index in [-0.39, 0.29) is 6.54 Å². The normalized spacial score (nSPS) is 36.8. The van der Waals surface area contributed by atoms with Crippen molar-refractivity contribution in [2.24, 2.45) is 17.0 Å². The van der Waals surface area contributed by atoms with Gasteiger partial charge in [0.2, 0.25) is 0 Å². The van der Waals surface area contributed by atoms with Crippen LogP contribution in [0.5, 0.6) is 0 Å². The number of aliphatic hydroxyl groups excluding tert-OH is 2. The molecule has 4 N–H and O–H groups in total. The maximum Gasteiger partial charge on any atom is 0.364 e. The van der Waals surface area contributed by atoms with Gasteiger partial charge in [-0.1, -0.05) is 19.0 Å². The first kappa shape index (κ1) is 16.7. The third kappa shape index (κ3) is 3.38. The van der Waals surface area contributed by atoms with E-state index in [2.05, 4.69) is 10.0 Å². The molecule has 0 bridgehead atoms. The number of carboxylic acids is 1. The summed E-state index contributed by atoms with van der Waals surface area (Å²) in [6.07, 6.45) is -3.48. The third-order valence-electron chi connectivity index (χ3n) is 3.73. The maximum absolute atomic E-state index is 11.0. The molecular weight excluding hydrogens is 270 g/mol. The molecule has 0 saturated carbocycles. The summed E-state index contributed by atoms with van der Waals surface area (Å²) in [5.41, 5.74) is 8.22. The van der Waals surface area contributed by atoms with Gasteiger partial charge in [0, 0.05) is 23.2 Å². The van der Waals surface area contributed by atoms with Crippen LogP contribution in [0.3, 0.4) is 0 Å². The minimum absolute atomic E-state index is 0.203. The number of ether oxygens (including phenoxy) is 1. The van der Waals surface area contributed by atoms with Crippen molar-refractivity contribution in [3.8, 4) is 0 Å².